The summed E-state index contributed by atoms with van der Waals surface area (Å²) in [6.07, 6.45) is 1.62. The summed E-state index contributed by atoms with van der Waals surface area (Å²) in [5.74, 6) is 1.18. The molecule has 0 aliphatic rings. The first kappa shape index (κ1) is 22.6. The van der Waals surface area contributed by atoms with E-state index in [-0.39, 0.29) is 12.0 Å². The first-order valence-corrected chi connectivity index (χ1v) is 10.4. The van der Waals surface area contributed by atoms with Crippen LogP contribution in [-0.4, -0.2) is 31.1 Å². The molecule has 172 valence electrons. The average molecular weight is 458 g/mol. The lowest BCUT2D eigenvalue weighted by Crippen LogP contribution is -2.12. The number of hydrogen-bond acceptors (Lipinski definition) is 7. The molecule has 0 saturated carbocycles. The molecule has 3 aromatic carbocycles. The number of hydrogen-bond donors (Lipinski definition) is 1. The number of nitrogens with zero attached hydrogens (tertiary/aromatic N) is 1. The first-order chi connectivity index (χ1) is 16.5. The van der Waals surface area contributed by atoms with Gasteiger partial charge in [-0.1, -0.05) is 24.3 Å². The van der Waals surface area contributed by atoms with Gasteiger partial charge in [-0.15, -0.1) is 0 Å². The van der Waals surface area contributed by atoms with E-state index >= 15 is 0 Å². The van der Waals surface area contributed by atoms with E-state index in [1.807, 2.05) is 6.07 Å². The fourth-order valence-corrected chi connectivity index (χ4v) is 3.47. The highest BCUT2D eigenvalue weighted by Crippen LogP contribution is 2.35. The Bertz CT molecular complexity index is 1350. The van der Waals surface area contributed by atoms with Gasteiger partial charge in [0.15, 0.2) is 0 Å². The summed E-state index contributed by atoms with van der Waals surface area (Å²) in [6, 6.07) is 18.9. The van der Waals surface area contributed by atoms with Gasteiger partial charge < -0.3 is 24.7 Å². The summed E-state index contributed by atoms with van der Waals surface area (Å²) in [7, 11) is 2.97. The molecule has 1 aromatic heterocycles. The van der Waals surface area contributed by atoms with Crippen LogP contribution in [0.15, 0.2) is 72.9 Å². The standard InChI is InChI=1S/C26H22N2O6/c1-31-23-13-18(9-8-16(23)12-25(29)34-17-6-4-3-5-7-17)33-22-10-11-28-21-15-24(32-2)20(26(27)30)14-19(21)22/h3-11,13-15H,12H2,1-2H3,(H2,27,30). The number of rotatable bonds is 8. The van der Waals surface area contributed by atoms with Crippen molar-refractivity contribution in [3.63, 3.8) is 0 Å². The van der Waals surface area contributed by atoms with Gasteiger partial charge in [0.1, 0.15) is 28.7 Å². The number of carbonyl (C=O) groups is 2. The van der Waals surface area contributed by atoms with E-state index in [1.165, 1.54) is 14.2 Å². The normalized spacial score (nSPS) is 10.5. The number of primary amides is 1. The zero-order valence-corrected chi connectivity index (χ0v) is 18.6. The third kappa shape index (κ3) is 4.91. The Morgan fingerprint density at radius 2 is 1.62 bits per heavy atom. The first-order valence-electron chi connectivity index (χ1n) is 10.4. The molecular weight excluding hydrogens is 436 g/mol. The molecule has 0 unspecified atom stereocenters. The highest BCUT2D eigenvalue weighted by molar-refractivity contribution is 6.01. The minimum absolute atomic E-state index is 0.0261. The largest absolute Gasteiger partial charge is 0.496 e. The fourth-order valence-electron chi connectivity index (χ4n) is 3.47. The van der Waals surface area contributed by atoms with E-state index in [0.717, 1.165) is 0 Å². The lowest BCUT2D eigenvalue weighted by atomic mass is 10.1. The van der Waals surface area contributed by atoms with Crippen molar-refractivity contribution in [3.8, 4) is 28.7 Å². The van der Waals surface area contributed by atoms with Gasteiger partial charge in [-0.25, -0.2) is 0 Å². The molecule has 34 heavy (non-hydrogen) atoms. The predicted molar refractivity (Wildman–Crippen MR) is 126 cm³/mol. The Morgan fingerprint density at radius 3 is 2.32 bits per heavy atom. The van der Waals surface area contributed by atoms with Gasteiger partial charge in [0.2, 0.25) is 0 Å². The second kappa shape index (κ2) is 9.91. The summed E-state index contributed by atoms with van der Waals surface area (Å²) < 4.78 is 22.1. The molecule has 0 radical (unpaired) electrons. The Balaban J connectivity index is 1.59. The van der Waals surface area contributed by atoms with Crippen LogP contribution in [0.4, 0.5) is 0 Å². The molecule has 0 atom stereocenters. The monoisotopic (exact) mass is 458 g/mol. The molecule has 1 heterocycles. The van der Waals surface area contributed by atoms with Gasteiger partial charge in [-0.3, -0.25) is 14.6 Å². The maximum Gasteiger partial charge on any atom is 0.315 e. The van der Waals surface area contributed by atoms with E-state index < -0.39 is 11.9 Å². The minimum Gasteiger partial charge on any atom is -0.496 e. The highest BCUT2D eigenvalue weighted by Gasteiger charge is 2.16. The summed E-state index contributed by atoms with van der Waals surface area (Å²) in [4.78, 5) is 28.5. The van der Waals surface area contributed by atoms with Crippen LogP contribution in [0.2, 0.25) is 0 Å². The van der Waals surface area contributed by atoms with Crippen LogP contribution in [0.5, 0.6) is 28.7 Å². The topological polar surface area (TPSA) is 110 Å². The molecule has 1 amide bonds. The van der Waals surface area contributed by atoms with Gasteiger partial charge in [-0.05, 0) is 30.3 Å². The molecule has 4 aromatic rings. The third-order valence-electron chi connectivity index (χ3n) is 5.08. The number of aromatic nitrogens is 1. The number of pyridine rings is 1. The average Bonchev–Trinajstić information content (AvgIpc) is 2.84. The lowest BCUT2D eigenvalue weighted by molar-refractivity contribution is -0.133. The molecule has 0 spiro atoms. The number of carbonyl (C=O) groups excluding carboxylic acids is 2. The van der Waals surface area contributed by atoms with E-state index in [9.17, 15) is 9.59 Å². The number of esters is 1. The smallest absolute Gasteiger partial charge is 0.315 e. The van der Waals surface area contributed by atoms with Crippen LogP contribution >= 0.6 is 0 Å². The van der Waals surface area contributed by atoms with Gasteiger partial charge >= 0.3 is 5.97 Å². The number of amides is 1. The Kier molecular flexibility index (Phi) is 6.59. The van der Waals surface area contributed by atoms with Crippen LogP contribution in [0.1, 0.15) is 15.9 Å². The molecular formula is C26H22N2O6. The number of methoxy groups -OCH3 is 2. The van der Waals surface area contributed by atoms with Crippen molar-refractivity contribution in [1.82, 2.24) is 4.98 Å². The molecule has 0 aliphatic heterocycles. The molecule has 8 heteroatoms. The Labute approximate surface area is 195 Å². The van der Waals surface area contributed by atoms with E-state index in [0.29, 0.717) is 45.2 Å². The van der Waals surface area contributed by atoms with E-state index in [4.69, 9.17) is 24.7 Å². The zero-order chi connectivity index (χ0) is 24.1. The molecule has 8 nitrogen and oxygen atoms in total. The van der Waals surface area contributed by atoms with Crippen LogP contribution in [-0.2, 0) is 11.2 Å². The summed E-state index contributed by atoms with van der Waals surface area (Å²) >= 11 is 0. The van der Waals surface area contributed by atoms with Crippen molar-refractivity contribution in [2.24, 2.45) is 5.73 Å². The summed E-state index contributed by atoms with van der Waals surface area (Å²) in [5.41, 5.74) is 6.94. The maximum atomic E-state index is 12.3. The van der Waals surface area contributed by atoms with Crippen LogP contribution in [0.25, 0.3) is 10.9 Å². The van der Waals surface area contributed by atoms with Crippen LogP contribution < -0.4 is 24.7 Å². The molecule has 2 N–H and O–H groups in total. The van der Waals surface area contributed by atoms with Gasteiger partial charge in [0.05, 0.1) is 31.7 Å². The molecule has 0 bridgehead atoms. The van der Waals surface area contributed by atoms with Crippen molar-refractivity contribution < 1.29 is 28.5 Å². The Morgan fingerprint density at radius 1 is 0.853 bits per heavy atom. The highest BCUT2D eigenvalue weighted by atomic mass is 16.5. The fraction of sp³-hybridized carbons (Fsp3) is 0.115. The van der Waals surface area contributed by atoms with E-state index in [2.05, 4.69) is 4.98 Å². The molecule has 0 fully saturated rings. The number of ether oxygens (including phenoxy) is 4. The van der Waals surface area contributed by atoms with Crippen molar-refractivity contribution in [2.45, 2.75) is 6.42 Å². The predicted octanol–water partition coefficient (Wildman–Crippen LogP) is 4.29. The minimum atomic E-state index is -0.623. The van der Waals surface area contributed by atoms with Gasteiger partial charge in [-0.2, -0.15) is 0 Å². The van der Waals surface area contributed by atoms with Crippen molar-refractivity contribution in [1.29, 1.82) is 0 Å². The van der Waals surface area contributed by atoms with Crippen LogP contribution in [0.3, 0.4) is 0 Å². The Hall–Kier alpha value is -4.59. The number of para-hydroxylation sites is 1. The van der Waals surface area contributed by atoms with E-state index in [1.54, 1.807) is 66.9 Å². The number of nitrogens with two attached hydrogens (primary N) is 1. The number of fused-ring (bicyclic) bond motifs is 1. The van der Waals surface area contributed by atoms with Crippen molar-refractivity contribution in [3.05, 3.63) is 84.1 Å². The molecule has 4 rings (SSSR count). The lowest BCUT2D eigenvalue weighted by Gasteiger charge is -2.14. The van der Waals surface area contributed by atoms with Crippen molar-refractivity contribution >= 4 is 22.8 Å². The SMILES string of the molecule is COc1cc(Oc2ccnc3cc(OC)c(C(N)=O)cc23)ccc1CC(=O)Oc1ccccc1. The molecule has 0 aliphatic carbocycles. The quantitative estimate of drug-likeness (QED) is 0.310. The van der Waals surface area contributed by atoms with Crippen LogP contribution in [0, 0.1) is 0 Å². The maximum absolute atomic E-state index is 12.3. The summed E-state index contributed by atoms with van der Waals surface area (Å²) in [6.45, 7) is 0. The van der Waals surface area contributed by atoms with Gasteiger partial charge in [0, 0.05) is 29.3 Å². The zero-order valence-electron chi connectivity index (χ0n) is 18.6. The molecule has 0 saturated heterocycles. The third-order valence-corrected chi connectivity index (χ3v) is 5.08. The number of benzene rings is 3. The van der Waals surface area contributed by atoms with Crippen molar-refractivity contribution in [2.75, 3.05) is 14.2 Å². The second-order valence-electron chi connectivity index (χ2n) is 7.28. The summed E-state index contributed by atoms with van der Waals surface area (Å²) in [5, 5.41) is 0.589. The van der Waals surface area contributed by atoms with Gasteiger partial charge in [0.25, 0.3) is 5.91 Å². The second-order valence-corrected chi connectivity index (χ2v) is 7.28.